The van der Waals surface area contributed by atoms with Crippen molar-refractivity contribution in [3.8, 4) is 0 Å². The monoisotopic (exact) mass is 500 g/mol. The van der Waals surface area contributed by atoms with Crippen LogP contribution in [0.5, 0.6) is 0 Å². The molecule has 1 fully saturated rings. The average molecular weight is 500 g/mol. The maximum atomic E-state index is 13.2. The minimum absolute atomic E-state index is 0.0247. The SMILES string of the molecule is O=C(NC1(C(=O)NCc2ccc(Nc3ccccc3C(F)(F)F)cc2)CCOC1)c1cccc(=O)[nH]1. The van der Waals surface area contributed by atoms with Crippen LogP contribution in [0.1, 0.15) is 28.0 Å². The van der Waals surface area contributed by atoms with Crippen LogP contribution in [0.4, 0.5) is 24.5 Å². The van der Waals surface area contributed by atoms with E-state index in [2.05, 4.69) is 20.9 Å². The number of anilines is 2. The van der Waals surface area contributed by atoms with Gasteiger partial charge in [0.25, 0.3) is 5.91 Å². The van der Waals surface area contributed by atoms with Crippen molar-refractivity contribution in [2.45, 2.75) is 24.7 Å². The second-order valence-corrected chi connectivity index (χ2v) is 8.32. The molecular formula is C25H23F3N4O4. The third-order valence-corrected chi connectivity index (χ3v) is 5.74. The number of carbonyl (C=O) groups excluding carboxylic acids is 2. The third kappa shape index (κ3) is 5.74. The molecule has 11 heteroatoms. The van der Waals surface area contributed by atoms with Gasteiger partial charge in [0.1, 0.15) is 11.2 Å². The van der Waals surface area contributed by atoms with E-state index >= 15 is 0 Å². The summed E-state index contributed by atoms with van der Waals surface area (Å²) in [6.07, 6.45) is -4.23. The molecule has 1 aliphatic rings. The van der Waals surface area contributed by atoms with E-state index in [4.69, 9.17) is 4.74 Å². The van der Waals surface area contributed by atoms with Gasteiger partial charge in [-0.1, -0.05) is 30.3 Å². The molecule has 2 aromatic carbocycles. The normalized spacial score (nSPS) is 17.4. The lowest BCUT2D eigenvalue weighted by Crippen LogP contribution is -2.59. The molecule has 0 saturated carbocycles. The van der Waals surface area contributed by atoms with Crippen LogP contribution in [-0.2, 0) is 22.3 Å². The molecule has 0 spiro atoms. The molecule has 4 N–H and O–H groups in total. The summed E-state index contributed by atoms with van der Waals surface area (Å²) in [5, 5.41) is 8.22. The maximum Gasteiger partial charge on any atom is 0.418 e. The fourth-order valence-corrected chi connectivity index (χ4v) is 3.82. The number of nitrogens with one attached hydrogen (secondary N) is 4. The molecule has 1 atom stereocenters. The van der Waals surface area contributed by atoms with E-state index in [9.17, 15) is 27.6 Å². The Bertz CT molecular complexity index is 1300. The smallest absolute Gasteiger partial charge is 0.378 e. The Kier molecular flexibility index (Phi) is 7.11. The molecule has 0 aliphatic carbocycles. The number of hydrogen-bond donors (Lipinski definition) is 4. The van der Waals surface area contributed by atoms with Gasteiger partial charge in [-0.2, -0.15) is 13.2 Å². The molecule has 8 nitrogen and oxygen atoms in total. The van der Waals surface area contributed by atoms with Crippen LogP contribution in [-0.4, -0.2) is 35.6 Å². The first-order valence-electron chi connectivity index (χ1n) is 11.1. The predicted molar refractivity (Wildman–Crippen MR) is 126 cm³/mol. The summed E-state index contributed by atoms with van der Waals surface area (Å²) in [6.45, 7) is 0.375. The predicted octanol–water partition coefficient (Wildman–Crippen LogP) is 3.34. The van der Waals surface area contributed by atoms with Crippen molar-refractivity contribution in [2.75, 3.05) is 18.5 Å². The zero-order valence-corrected chi connectivity index (χ0v) is 18.9. The minimum Gasteiger partial charge on any atom is -0.378 e. The quantitative estimate of drug-likeness (QED) is 0.398. The Balaban J connectivity index is 1.39. The lowest BCUT2D eigenvalue weighted by molar-refractivity contribution is -0.137. The molecule has 1 saturated heterocycles. The number of H-pyrrole nitrogens is 1. The van der Waals surface area contributed by atoms with Crippen LogP contribution >= 0.6 is 0 Å². The fourth-order valence-electron chi connectivity index (χ4n) is 3.82. The van der Waals surface area contributed by atoms with Crippen molar-refractivity contribution in [3.63, 3.8) is 0 Å². The van der Waals surface area contributed by atoms with Gasteiger partial charge in [-0.15, -0.1) is 0 Å². The van der Waals surface area contributed by atoms with Gasteiger partial charge in [-0.25, -0.2) is 0 Å². The average Bonchev–Trinajstić information content (AvgIpc) is 3.33. The van der Waals surface area contributed by atoms with Gasteiger partial charge in [0, 0.05) is 31.3 Å². The van der Waals surface area contributed by atoms with E-state index in [0.717, 1.165) is 6.07 Å². The molecule has 4 rings (SSSR count). The third-order valence-electron chi connectivity index (χ3n) is 5.74. The topological polar surface area (TPSA) is 112 Å². The van der Waals surface area contributed by atoms with E-state index in [0.29, 0.717) is 11.3 Å². The van der Waals surface area contributed by atoms with Crippen LogP contribution < -0.4 is 21.5 Å². The molecule has 3 aromatic rings. The molecule has 1 aliphatic heterocycles. The highest BCUT2D eigenvalue weighted by Gasteiger charge is 2.43. The van der Waals surface area contributed by atoms with E-state index < -0.39 is 34.7 Å². The second-order valence-electron chi connectivity index (χ2n) is 8.32. The first-order valence-corrected chi connectivity index (χ1v) is 11.1. The van der Waals surface area contributed by atoms with Crippen molar-refractivity contribution >= 4 is 23.2 Å². The Morgan fingerprint density at radius 3 is 2.42 bits per heavy atom. The number of alkyl halides is 3. The van der Waals surface area contributed by atoms with Crippen molar-refractivity contribution in [3.05, 3.63) is 93.9 Å². The van der Waals surface area contributed by atoms with Gasteiger partial charge >= 0.3 is 6.18 Å². The number of halogens is 3. The Morgan fingerprint density at radius 2 is 1.75 bits per heavy atom. The van der Waals surface area contributed by atoms with Crippen LogP contribution in [0.3, 0.4) is 0 Å². The fraction of sp³-hybridized carbons (Fsp3) is 0.240. The Hall–Kier alpha value is -4.12. The number of aromatic nitrogens is 1. The number of aromatic amines is 1. The van der Waals surface area contributed by atoms with Gasteiger partial charge < -0.3 is 25.7 Å². The highest BCUT2D eigenvalue weighted by Crippen LogP contribution is 2.35. The summed E-state index contributed by atoms with van der Waals surface area (Å²) in [5.41, 5.74) is -1.40. The van der Waals surface area contributed by atoms with E-state index in [1.165, 1.54) is 36.4 Å². The minimum atomic E-state index is -4.49. The van der Waals surface area contributed by atoms with Gasteiger partial charge in [-0.05, 0) is 35.9 Å². The number of para-hydroxylation sites is 1. The molecule has 1 unspecified atom stereocenters. The number of hydrogen-bond acceptors (Lipinski definition) is 5. The number of ether oxygens (including phenoxy) is 1. The van der Waals surface area contributed by atoms with Gasteiger partial charge in [0.05, 0.1) is 17.9 Å². The van der Waals surface area contributed by atoms with Crippen LogP contribution in [0, 0.1) is 0 Å². The molecule has 188 valence electrons. The van der Waals surface area contributed by atoms with Crippen molar-refractivity contribution < 1.29 is 27.5 Å². The van der Waals surface area contributed by atoms with E-state index in [-0.39, 0.29) is 37.6 Å². The second kappa shape index (κ2) is 10.2. The van der Waals surface area contributed by atoms with E-state index in [1.807, 2.05) is 0 Å². The van der Waals surface area contributed by atoms with Crippen LogP contribution in [0.2, 0.25) is 0 Å². The standard InChI is InChI=1S/C25H23F3N4O4/c26-25(27,28)18-4-1-2-5-19(18)30-17-10-8-16(9-11-17)14-29-23(35)24(12-13-36-15-24)32-22(34)20-6-3-7-21(33)31-20/h1-11,30H,12-15H2,(H,29,35)(H,31,33)(H,32,34). The number of amides is 2. The molecular weight excluding hydrogens is 477 g/mol. The molecule has 36 heavy (non-hydrogen) atoms. The number of pyridine rings is 1. The highest BCUT2D eigenvalue weighted by atomic mass is 19.4. The summed E-state index contributed by atoms with van der Waals surface area (Å²) in [5.74, 6) is -1.06. The van der Waals surface area contributed by atoms with Crippen molar-refractivity contribution in [2.24, 2.45) is 0 Å². The summed E-state index contributed by atoms with van der Waals surface area (Å²) < 4.78 is 45.0. The number of benzene rings is 2. The first-order chi connectivity index (χ1) is 17.2. The molecule has 0 radical (unpaired) electrons. The van der Waals surface area contributed by atoms with Crippen molar-refractivity contribution in [1.29, 1.82) is 0 Å². The van der Waals surface area contributed by atoms with Gasteiger partial charge in [-0.3, -0.25) is 14.4 Å². The number of carbonyl (C=O) groups is 2. The van der Waals surface area contributed by atoms with Gasteiger partial charge in [0.15, 0.2) is 0 Å². The van der Waals surface area contributed by atoms with Crippen LogP contribution in [0.25, 0.3) is 0 Å². The lowest BCUT2D eigenvalue weighted by Gasteiger charge is -2.27. The maximum absolute atomic E-state index is 13.2. The number of rotatable bonds is 7. The summed E-state index contributed by atoms with van der Waals surface area (Å²) in [7, 11) is 0. The summed E-state index contributed by atoms with van der Waals surface area (Å²) in [4.78, 5) is 39.6. The first kappa shape index (κ1) is 25.0. The zero-order chi connectivity index (χ0) is 25.8. The Morgan fingerprint density at radius 1 is 1.00 bits per heavy atom. The summed E-state index contributed by atoms with van der Waals surface area (Å²) >= 11 is 0. The summed E-state index contributed by atoms with van der Waals surface area (Å²) in [6, 6.07) is 15.9. The molecule has 2 amide bonds. The molecule has 2 heterocycles. The Labute approximate surface area is 203 Å². The van der Waals surface area contributed by atoms with Gasteiger partial charge in [0.2, 0.25) is 11.5 Å². The van der Waals surface area contributed by atoms with Crippen LogP contribution in [0.15, 0.2) is 71.5 Å². The zero-order valence-electron chi connectivity index (χ0n) is 18.9. The highest BCUT2D eigenvalue weighted by molar-refractivity contribution is 5.98. The molecule has 0 bridgehead atoms. The largest absolute Gasteiger partial charge is 0.418 e. The molecule has 1 aromatic heterocycles. The lowest BCUT2D eigenvalue weighted by atomic mass is 9.96. The van der Waals surface area contributed by atoms with E-state index in [1.54, 1.807) is 24.3 Å². The van der Waals surface area contributed by atoms with Crippen molar-refractivity contribution in [1.82, 2.24) is 15.6 Å².